The fraction of sp³-hybridized carbons (Fsp3) is 0.353. The maximum atomic E-state index is 12.4. The van der Waals surface area contributed by atoms with Crippen LogP contribution >= 0.6 is 22.9 Å². The number of benzene rings is 1. The minimum atomic E-state index is -0.0696. The largest absolute Gasteiger partial charge is 0.331 e. The lowest BCUT2D eigenvalue weighted by atomic mass is 9.96. The number of rotatable bonds is 5. The van der Waals surface area contributed by atoms with E-state index in [4.69, 9.17) is 11.6 Å². The fourth-order valence-electron chi connectivity index (χ4n) is 2.28. The van der Waals surface area contributed by atoms with Crippen molar-refractivity contribution in [1.82, 2.24) is 10.2 Å². The zero-order valence-electron chi connectivity index (χ0n) is 13.0. The minimum absolute atomic E-state index is 0.0327. The average Bonchev–Trinajstić information content (AvgIpc) is 2.98. The molecule has 2 rings (SSSR count). The standard InChI is InChI=1S/C17H21ClN2OS/c1-12(2)16(14-4-6-15(18)7-5-14)19-17(21)20(3)10-13-8-9-22-11-13/h4-9,11-12,16H,10H2,1-3H3,(H,19,21). The highest BCUT2D eigenvalue weighted by Crippen LogP contribution is 2.23. The summed E-state index contributed by atoms with van der Waals surface area (Å²) in [6.07, 6.45) is 0. The van der Waals surface area contributed by atoms with Gasteiger partial charge < -0.3 is 10.2 Å². The molecule has 1 aromatic carbocycles. The van der Waals surface area contributed by atoms with Gasteiger partial charge in [0.05, 0.1) is 6.04 Å². The summed E-state index contributed by atoms with van der Waals surface area (Å²) in [4.78, 5) is 14.1. The molecule has 1 N–H and O–H groups in total. The minimum Gasteiger partial charge on any atom is -0.331 e. The van der Waals surface area contributed by atoms with E-state index in [1.807, 2.05) is 42.8 Å². The Morgan fingerprint density at radius 1 is 1.27 bits per heavy atom. The molecule has 1 aromatic heterocycles. The van der Waals surface area contributed by atoms with Crippen LogP contribution in [0.5, 0.6) is 0 Å². The van der Waals surface area contributed by atoms with Gasteiger partial charge in [-0.3, -0.25) is 0 Å². The number of halogens is 1. The SMILES string of the molecule is CC(C)C(NC(=O)N(C)Cc1ccsc1)c1ccc(Cl)cc1. The van der Waals surface area contributed by atoms with E-state index in [9.17, 15) is 4.79 Å². The molecular weight excluding hydrogens is 316 g/mol. The molecule has 0 saturated carbocycles. The zero-order valence-corrected chi connectivity index (χ0v) is 14.6. The molecule has 22 heavy (non-hydrogen) atoms. The maximum absolute atomic E-state index is 12.4. The molecule has 0 aliphatic carbocycles. The first-order valence-corrected chi connectivity index (χ1v) is 8.57. The third-order valence-electron chi connectivity index (χ3n) is 3.52. The van der Waals surface area contributed by atoms with Gasteiger partial charge in [-0.2, -0.15) is 11.3 Å². The highest BCUT2D eigenvalue weighted by molar-refractivity contribution is 7.07. The Morgan fingerprint density at radius 3 is 2.50 bits per heavy atom. The predicted molar refractivity (Wildman–Crippen MR) is 93.3 cm³/mol. The van der Waals surface area contributed by atoms with Crippen molar-refractivity contribution in [3.63, 3.8) is 0 Å². The van der Waals surface area contributed by atoms with Crippen LogP contribution in [0, 0.1) is 5.92 Å². The summed E-state index contributed by atoms with van der Waals surface area (Å²) in [6, 6.07) is 9.57. The number of hydrogen-bond acceptors (Lipinski definition) is 2. The number of urea groups is 1. The average molecular weight is 337 g/mol. The number of amides is 2. The molecule has 2 amide bonds. The second kappa shape index (κ2) is 7.65. The van der Waals surface area contributed by atoms with Crippen molar-refractivity contribution >= 4 is 29.0 Å². The first-order valence-electron chi connectivity index (χ1n) is 7.25. The molecule has 1 atom stereocenters. The molecule has 0 bridgehead atoms. The summed E-state index contributed by atoms with van der Waals surface area (Å²) in [6.45, 7) is 4.80. The van der Waals surface area contributed by atoms with Crippen molar-refractivity contribution in [2.24, 2.45) is 5.92 Å². The Labute approximate surface area is 140 Å². The molecule has 0 aliphatic heterocycles. The summed E-state index contributed by atoms with van der Waals surface area (Å²) >= 11 is 7.58. The molecular formula is C17H21ClN2OS. The summed E-state index contributed by atoms with van der Waals surface area (Å²) in [5.74, 6) is 0.291. The van der Waals surface area contributed by atoms with Crippen LogP contribution in [0.2, 0.25) is 5.02 Å². The van der Waals surface area contributed by atoms with Crippen molar-refractivity contribution in [1.29, 1.82) is 0 Å². The molecule has 3 nitrogen and oxygen atoms in total. The van der Waals surface area contributed by atoms with Crippen LogP contribution in [0.3, 0.4) is 0 Å². The van der Waals surface area contributed by atoms with Gasteiger partial charge in [0, 0.05) is 18.6 Å². The lowest BCUT2D eigenvalue weighted by Gasteiger charge is -2.26. The van der Waals surface area contributed by atoms with E-state index in [-0.39, 0.29) is 12.1 Å². The number of thiophene rings is 1. The molecule has 118 valence electrons. The Bertz CT molecular complexity index is 596. The quantitative estimate of drug-likeness (QED) is 0.824. The normalized spacial score (nSPS) is 12.2. The van der Waals surface area contributed by atoms with Gasteiger partial charge in [0.1, 0.15) is 0 Å². The van der Waals surface area contributed by atoms with E-state index in [1.54, 1.807) is 16.2 Å². The van der Waals surface area contributed by atoms with E-state index in [2.05, 4.69) is 24.5 Å². The molecule has 1 heterocycles. The number of nitrogens with zero attached hydrogens (tertiary/aromatic N) is 1. The smallest absolute Gasteiger partial charge is 0.317 e. The van der Waals surface area contributed by atoms with Crippen LogP contribution in [-0.2, 0) is 6.54 Å². The molecule has 0 fully saturated rings. The maximum Gasteiger partial charge on any atom is 0.317 e. The predicted octanol–water partition coefficient (Wildman–Crippen LogP) is 4.94. The van der Waals surface area contributed by atoms with Crippen LogP contribution < -0.4 is 5.32 Å². The van der Waals surface area contributed by atoms with Crippen LogP contribution in [0.4, 0.5) is 4.79 Å². The summed E-state index contributed by atoms with van der Waals surface area (Å²) in [5, 5.41) is 7.89. The molecule has 0 saturated heterocycles. The summed E-state index contributed by atoms with van der Waals surface area (Å²) < 4.78 is 0. The van der Waals surface area contributed by atoms with Crippen LogP contribution in [0.15, 0.2) is 41.1 Å². The van der Waals surface area contributed by atoms with Gasteiger partial charge >= 0.3 is 6.03 Å². The van der Waals surface area contributed by atoms with E-state index in [1.165, 1.54) is 0 Å². The Morgan fingerprint density at radius 2 is 1.95 bits per heavy atom. The number of nitrogens with one attached hydrogen (secondary N) is 1. The Balaban J connectivity index is 2.04. The third-order valence-corrected chi connectivity index (χ3v) is 4.51. The molecule has 0 spiro atoms. The topological polar surface area (TPSA) is 32.3 Å². The third kappa shape index (κ3) is 4.49. The van der Waals surface area contributed by atoms with Gasteiger partial charge in [-0.25, -0.2) is 4.79 Å². The van der Waals surface area contributed by atoms with E-state index in [0.29, 0.717) is 17.5 Å². The summed E-state index contributed by atoms with van der Waals surface area (Å²) in [7, 11) is 1.81. The molecule has 0 radical (unpaired) electrons. The van der Waals surface area contributed by atoms with Crippen molar-refractivity contribution in [3.05, 3.63) is 57.2 Å². The zero-order chi connectivity index (χ0) is 16.1. The monoisotopic (exact) mass is 336 g/mol. The van der Waals surface area contributed by atoms with Crippen molar-refractivity contribution < 1.29 is 4.79 Å². The van der Waals surface area contributed by atoms with Gasteiger partial charge in [0.25, 0.3) is 0 Å². The van der Waals surface area contributed by atoms with Gasteiger partial charge in [-0.15, -0.1) is 0 Å². The second-order valence-electron chi connectivity index (χ2n) is 5.71. The first kappa shape index (κ1) is 16.8. The molecule has 1 unspecified atom stereocenters. The Hall–Kier alpha value is -1.52. The second-order valence-corrected chi connectivity index (χ2v) is 6.93. The van der Waals surface area contributed by atoms with Crippen LogP contribution in [-0.4, -0.2) is 18.0 Å². The number of carbonyl (C=O) groups excluding carboxylic acids is 1. The highest BCUT2D eigenvalue weighted by Gasteiger charge is 2.20. The van der Waals surface area contributed by atoms with Gasteiger partial charge in [0.2, 0.25) is 0 Å². The number of carbonyl (C=O) groups is 1. The van der Waals surface area contributed by atoms with E-state index >= 15 is 0 Å². The lowest BCUT2D eigenvalue weighted by molar-refractivity contribution is 0.199. The number of hydrogen-bond donors (Lipinski definition) is 1. The molecule has 2 aromatic rings. The van der Waals surface area contributed by atoms with E-state index < -0.39 is 0 Å². The Kier molecular flexibility index (Phi) is 5.86. The first-order chi connectivity index (χ1) is 10.5. The molecule has 5 heteroatoms. The van der Waals surface area contributed by atoms with Crippen LogP contribution in [0.25, 0.3) is 0 Å². The summed E-state index contributed by atoms with van der Waals surface area (Å²) in [5.41, 5.74) is 2.21. The van der Waals surface area contributed by atoms with Gasteiger partial charge in [-0.1, -0.05) is 37.6 Å². The lowest BCUT2D eigenvalue weighted by Crippen LogP contribution is -2.40. The van der Waals surface area contributed by atoms with Gasteiger partial charge in [-0.05, 0) is 46.0 Å². The van der Waals surface area contributed by atoms with Crippen molar-refractivity contribution in [2.45, 2.75) is 26.4 Å². The molecule has 0 aliphatic rings. The fourth-order valence-corrected chi connectivity index (χ4v) is 3.06. The van der Waals surface area contributed by atoms with E-state index in [0.717, 1.165) is 11.1 Å². The van der Waals surface area contributed by atoms with Crippen LogP contribution in [0.1, 0.15) is 31.0 Å². The highest BCUT2D eigenvalue weighted by atomic mass is 35.5. The van der Waals surface area contributed by atoms with Crippen molar-refractivity contribution in [2.75, 3.05) is 7.05 Å². The van der Waals surface area contributed by atoms with Crippen molar-refractivity contribution in [3.8, 4) is 0 Å². The van der Waals surface area contributed by atoms with Gasteiger partial charge in [0.15, 0.2) is 0 Å².